The molecule has 1 heterocycles. The Morgan fingerprint density at radius 2 is 2.08 bits per heavy atom. The fourth-order valence-electron chi connectivity index (χ4n) is 1.56. The van der Waals surface area contributed by atoms with Gasteiger partial charge in [0.2, 0.25) is 0 Å². The number of ether oxygens (including phenoxy) is 1. The van der Waals surface area contributed by atoms with Crippen LogP contribution in [-0.4, -0.2) is 22.4 Å². The van der Waals surface area contributed by atoms with Gasteiger partial charge in [-0.3, -0.25) is 0 Å². The average Bonchev–Trinajstić information content (AvgIpc) is 1.97. The van der Waals surface area contributed by atoms with Gasteiger partial charge in [-0.15, -0.1) is 6.42 Å². The smallest absolute Gasteiger partial charge is 0.126 e. The topological polar surface area (TPSA) is 29.5 Å². The summed E-state index contributed by atoms with van der Waals surface area (Å²) in [5, 5.41) is 9.57. The summed E-state index contributed by atoms with van der Waals surface area (Å²) in [5.41, 5.74) is -1.01. The van der Waals surface area contributed by atoms with Gasteiger partial charge in [-0.05, 0) is 33.6 Å². The molecule has 2 heteroatoms. The van der Waals surface area contributed by atoms with Gasteiger partial charge in [0.1, 0.15) is 5.60 Å². The summed E-state index contributed by atoms with van der Waals surface area (Å²) in [6, 6.07) is 0. The van der Waals surface area contributed by atoms with E-state index in [0.29, 0.717) is 6.42 Å². The molecule has 0 amide bonds. The van der Waals surface area contributed by atoms with Crippen molar-refractivity contribution < 1.29 is 9.84 Å². The van der Waals surface area contributed by atoms with Crippen molar-refractivity contribution in [2.75, 3.05) is 0 Å². The average molecular weight is 168 g/mol. The van der Waals surface area contributed by atoms with Gasteiger partial charge < -0.3 is 9.84 Å². The Hall–Kier alpha value is -0.520. The van der Waals surface area contributed by atoms with Gasteiger partial charge in [-0.25, -0.2) is 0 Å². The zero-order valence-corrected chi connectivity index (χ0v) is 7.92. The highest BCUT2D eigenvalue weighted by molar-refractivity contribution is 5.10. The van der Waals surface area contributed by atoms with E-state index in [4.69, 9.17) is 11.2 Å². The van der Waals surface area contributed by atoms with Crippen molar-refractivity contribution in [3.05, 3.63) is 0 Å². The summed E-state index contributed by atoms with van der Waals surface area (Å²) in [4.78, 5) is 0. The zero-order valence-electron chi connectivity index (χ0n) is 7.92. The molecule has 0 spiro atoms. The van der Waals surface area contributed by atoms with E-state index in [1.165, 1.54) is 0 Å². The van der Waals surface area contributed by atoms with Crippen LogP contribution in [0.1, 0.15) is 33.6 Å². The van der Waals surface area contributed by atoms with Crippen molar-refractivity contribution in [2.24, 2.45) is 0 Å². The lowest BCUT2D eigenvalue weighted by Crippen LogP contribution is -2.51. The number of terminal acetylenes is 1. The van der Waals surface area contributed by atoms with Crippen LogP contribution in [0.2, 0.25) is 0 Å². The summed E-state index contributed by atoms with van der Waals surface area (Å²) in [6.45, 7) is 5.62. The van der Waals surface area contributed by atoms with Crippen molar-refractivity contribution in [1.29, 1.82) is 0 Å². The first-order chi connectivity index (χ1) is 5.40. The predicted octanol–water partition coefficient (Wildman–Crippen LogP) is 1.33. The van der Waals surface area contributed by atoms with Gasteiger partial charge in [0, 0.05) is 0 Å². The third-order valence-electron chi connectivity index (χ3n) is 2.49. The second-order valence-electron chi connectivity index (χ2n) is 4.14. The Morgan fingerprint density at radius 1 is 1.50 bits per heavy atom. The summed E-state index contributed by atoms with van der Waals surface area (Å²) < 4.78 is 5.64. The highest BCUT2D eigenvalue weighted by Gasteiger charge is 2.41. The van der Waals surface area contributed by atoms with Crippen LogP contribution in [0.5, 0.6) is 0 Å². The summed E-state index contributed by atoms with van der Waals surface area (Å²) in [7, 11) is 0. The van der Waals surface area contributed by atoms with Gasteiger partial charge in [0.05, 0.1) is 11.7 Å². The largest absolute Gasteiger partial charge is 0.390 e. The van der Waals surface area contributed by atoms with Crippen LogP contribution in [0, 0.1) is 12.3 Å². The van der Waals surface area contributed by atoms with Crippen LogP contribution in [0.25, 0.3) is 0 Å². The lowest BCUT2D eigenvalue weighted by molar-refractivity contribution is -0.191. The Balaban J connectivity index is 2.77. The molecule has 0 aromatic rings. The van der Waals surface area contributed by atoms with E-state index in [1.807, 2.05) is 20.8 Å². The molecule has 2 unspecified atom stereocenters. The normalized spacial score (nSPS) is 40.4. The molecule has 0 radical (unpaired) electrons. The Labute approximate surface area is 73.9 Å². The first-order valence-electron chi connectivity index (χ1n) is 4.26. The van der Waals surface area contributed by atoms with E-state index in [9.17, 15) is 5.11 Å². The molecule has 68 valence electrons. The van der Waals surface area contributed by atoms with Crippen molar-refractivity contribution >= 4 is 0 Å². The third kappa shape index (κ3) is 1.63. The van der Waals surface area contributed by atoms with Crippen LogP contribution >= 0.6 is 0 Å². The maximum absolute atomic E-state index is 9.57. The van der Waals surface area contributed by atoms with Gasteiger partial charge in [-0.2, -0.15) is 0 Å². The van der Waals surface area contributed by atoms with Crippen LogP contribution in [0.15, 0.2) is 0 Å². The summed E-state index contributed by atoms with van der Waals surface area (Å²) >= 11 is 0. The highest BCUT2D eigenvalue weighted by Crippen LogP contribution is 2.34. The van der Waals surface area contributed by atoms with Crippen molar-refractivity contribution in [2.45, 2.75) is 50.9 Å². The first-order valence-corrected chi connectivity index (χ1v) is 4.26. The maximum Gasteiger partial charge on any atom is 0.126 e. The van der Waals surface area contributed by atoms with Crippen LogP contribution in [0.4, 0.5) is 0 Å². The van der Waals surface area contributed by atoms with E-state index in [-0.39, 0.29) is 0 Å². The maximum atomic E-state index is 9.57. The number of aliphatic hydroxyl groups is 1. The summed E-state index contributed by atoms with van der Waals surface area (Å²) in [6.07, 6.45) is 6.39. The second-order valence-corrected chi connectivity index (χ2v) is 4.14. The fraction of sp³-hybridized carbons (Fsp3) is 0.800. The quantitative estimate of drug-likeness (QED) is 0.553. The highest BCUT2D eigenvalue weighted by atomic mass is 16.5. The molecule has 0 aromatic heterocycles. The molecule has 1 aliphatic heterocycles. The zero-order chi connectivity index (χ0) is 9.41. The van der Waals surface area contributed by atoms with Gasteiger partial charge in [0.15, 0.2) is 0 Å². The van der Waals surface area contributed by atoms with E-state index in [2.05, 4.69) is 5.92 Å². The molecule has 1 fully saturated rings. The van der Waals surface area contributed by atoms with Crippen LogP contribution < -0.4 is 0 Å². The van der Waals surface area contributed by atoms with Crippen LogP contribution in [-0.2, 0) is 4.74 Å². The van der Waals surface area contributed by atoms with Gasteiger partial charge >= 0.3 is 0 Å². The monoisotopic (exact) mass is 168 g/mol. The molecular formula is C10H16O2. The Bertz CT molecular complexity index is 214. The molecule has 12 heavy (non-hydrogen) atoms. The standard InChI is InChI=1S/C10H16O2/c1-5-10(4)7-6-8(11)9(2,3)12-10/h1,8,11H,6-7H2,2-4H3. The van der Waals surface area contributed by atoms with E-state index in [0.717, 1.165) is 6.42 Å². The van der Waals surface area contributed by atoms with E-state index >= 15 is 0 Å². The number of hydrogen-bond acceptors (Lipinski definition) is 2. The second kappa shape index (κ2) is 2.76. The molecular weight excluding hydrogens is 152 g/mol. The van der Waals surface area contributed by atoms with Gasteiger partial charge in [-0.1, -0.05) is 5.92 Å². The molecule has 2 nitrogen and oxygen atoms in total. The molecule has 1 N–H and O–H groups in total. The molecule has 0 bridgehead atoms. The lowest BCUT2D eigenvalue weighted by Gasteiger charge is -2.43. The Morgan fingerprint density at radius 3 is 2.50 bits per heavy atom. The number of aliphatic hydroxyl groups excluding tert-OH is 1. The lowest BCUT2D eigenvalue weighted by atomic mass is 9.86. The number of hydrogen-bond donors (Lipinski definition) is 1. The minimum absolute atomic E-state index is 0.404. The molecule has 1 rings (SSSR count). The SMILES string of the molecule is C#CC1(C)CCC(O)C(C)(C)O1. The first kappa shape index (κ1) is 9.57. The van der Waals surface area contributed by atoms with Crippen molar-refractivity contribution in [3.63, 3.8) is 0 Å². The van der Waals surface area contributed by atoms with Crippen molar-refractivity contribution in [1.82, 2.24) is 0 Å². The predicted molar refractivity (Wildman–Crippen MR) is 47.6 cm³/mol. The Kier molecular flexibility index (Phi) is 2.20. The van der Waals surface area contributed by atoms with Gasteiger partial charge in [0.25, 0.3) is 0 Å². The van der Waals surface area contributed by atoms with E-state index < -0.39 is 17.3 Å². The molecule has 0 saturated carbocycles. The molecule has 0 aromatic carbocycles. The molecule has 1 aliphatic rings. The minimum Gasteiger partial charge on any atom is -0.390 e. The summed E-state index contributed by atoms with van der Waals surface area (Å²) in [5.74, 6) is 2.62. The molecule has 0 aliphatic carbocycles. The minimum atomic E-state index is -0.515. The van der Waals surface area contributed by atoms with E-state index in [1.54, 1.807) is 0 Å². The fourth-order valence-corrected chi connectivity index (χ4v) is 1.56. The molecule has 2 atom stereocenters. The van der Waals surface area contributed by atoms with Crippen LogP contribution in [0.3, 0.4) is 0 Å². The number of rotatable bonds is 0. The third-order valence-corrected chi connectivity index (χ3v) is 2.49. The van der Waals surface area contributed by atoms with Crippen molar-refractivity contribution in [3.8, 4) is 12.3 Å². The molecule has 1 saturated heterocycles.